The number of hydrogen-bond acceptors (Lipinski definition) is 7. The van der Waals surface area contributed by atoms with Crippen molar-refractivity contribution in [1.82, 2.24) is 20.1 Å². The molecule has 1 atom stereocenters. The van der Waals surface area contributed by atoms with Gasteiger partial charge in [-0.05, 0) is 49.9 Å². The Labute approximate surface area is 253 Å². The number of carbonyl (C=O) groups excluding carboxylic acids is 2. The van der Waals surface area contributed by atoms with Gasteiger partial charge in [0.05, 0.1) is 21.5 Å². The normalized spacial score (nSPS) is 18.4. The third-order valence-corrected chi connectivity index (χ3v) is 9.51. The largest absolute Gasteiger partial charge is 0.465 e. The average molecular weight is 630 g/mol. The van der Waals surface area contributed by atoms with Gasteiger partial charge in [-0.3, -0.25) is 14.3 Å². The van der Waals surface area contributed by atoms with Crippen LogP contribution in [-0.2, 0) is 21.6 Å². The second-order valence-corrected chi connectivity index (χ2v) is 13.5. The van der Waals surface area contributed by atoms with E-state index in [1.54, 1.807) is 54.3 Å². The maximum atomic E-state index is 14.2. The smallest absolute Gasteiger partial charge is 0.405 e. The number of halogens is 2. The molecular weight excluding hydrogens is 596 g/mol. The van der Waals surface area contributed by atoms with Crippen LogP contribution in [-0.4, -0.2) is 72.8 Å². The molecule has 1 aromatic carbocycles. The van der Waals surface area contributed by atoms with Gasteiger partial charge in [0, 0.05) is 73.3 Å². The standard InChI is InChI=1S/C29H33F2N7O5S/c1-18-22(19-15-33-37(2)17-19)16-32-24(38-12-5-8-29(30,31)11-13-38)23(18)25(39)34-20-6-4-7-21(14-20)44(3,43)36-26(40)28(9-10-28)35-27(41)42/h4,6-7,14-17,35H,5,8-13H2,1-3H3,(H,34,39)(H,41,42). The van der Waals surface area contributed by atoms with E-state index in [2.05, 4.69) is 25.1 Å². The Morgan fingerprint density at radius 3 is 2.52 bits per heavy atom. The molecular formula is C29H33F2N7O5S. The number of nitrogens with one attached hydrogen (secondary N) is 2. The molecule has 5 rings (SSSR count). The van der Waals surface area contributed by atoms with Gasteiger partial charge in [-0.1, -0.05) is 6.07 Å². The van der Waals surface area contributed by atoms with Crippen LogP contribution in [0.1, 0.15) is 48.0 Å². The molecule has 1 saturated heterocycles. The summed E-state index contributed by atoms with van der Waals surface area (Å²) in [5.74, 6) is -3.89. The van der Waals surface area contributed by atoms with E-state index in [1.807, 2.05) is 0 Å². The zero-order valence-corrected chi connectivity index (χ0v) is 25.3. The summed E-state index contributed by atoms with van der Waals surface area (Å²) in [4.78, 5) is 44.2. The van der Waals surface area contributed by atoms with E-state index in [4.69, 9.17) is 5.11 Å². The van der Waals surface area contributed by atoms with Crippen molar-refractivity contribution in [2.45, 2.75) is 55.4 Å². The first-order valence-electron chi connectivity index (χ1n) is 14.0. The van der Waals surface area contributed by atoms with Crippen molar-refractivity contribution in [2.75, 3.05) is 29.6 Å². The van der Waals surface area contributed by atoms with E-state index in [1.165, 1.54) is 18.4 Å². The highest BCUT2D eigenvalue weighted by Crippen LogP contribution is 2.38. The summed E-state index contributed by atoms with van der Waals surface area (Å²) in [6, 6.07) is 6.05. The first kappa shape index (κ1) is 31.0. The molecule has 1 aliphatic heterocycles. The van der Waals surface area contributed by atoms with Gasteiger partial charge in [0.1, 0.15) is 11.4 Å². The first-order chi connectivity index (χ1) is 20.7. The number of hydrogen-bond donors (Lipinski definition) is 3. The van der Waals surface area contributed by atoms with Crippen molar-refractivity contribution >= 4 is 39.1 Å². The molecule has 1 saturated carbocycles. The van der Waals surface area contributed by atoms with Gasteiger partial charge >= 0.3 is 6.09 Å². The Kier molecular flexibility index (Phi) is 8.18. The number of aryl methyl sites for hydroxylation is 1. The van der Waals surface area contributed by atoms with Crippen molar-refractivity contribution in [3.8, 4) is 11.1 Å². The Hall–Kier alpha value is -4.40. The minimum Gasteiger partial charge on any atom is -0.465 e. The van der Waals surface area contributed by atoms with Crippen LogP contribution in [0, 0.1) is 6.92 Å². The quantitative estimate of drug-likeness (QED) is 0.346. The minimum absolute atomic E-state index is 0.0209. The van der Waals surface area contributed by atoms with Crippen LogP contribution in [0.25, 0.3) is 11.1 Å². The van der Waals surface area contributed by atoms with Crippen LogP contribution in [0.15, 0.2) is 52.1 Å². The van der Waals surface area contributed by atoms with Crippen LogP contribution in [0.2, 0.25) is 0 Å². The van der Waals surface area contributed by atoms with Crippen LogP contribution in [0.3, 0.4) is 0 Å². The number of nitrogens with zero attached hydrogens (tertiary/aromatic N) is 5. The molecule has 1 unspecified atom stereocenters. The molecule has 3 aromatic rings. The molecule has 234 valence electrons. The Balaban J connectivity index is 1.48. The lowest BCUT2D eigenvalue weighted by Crippen LogP contribution is -2.41. The molecule has 1 aliphatic carbocycles. The van der Waals surface area contributed by atoms with Crippen molar-refractivity contribution in [3.63, 3.8) is 0 Å². The molecule has 0 radical (unpaired) electrons. The average Bonchev–Trinajstić information content (AvgIpc) is 3.64. The number of carbonyl (C=O) groups is 3. The molecule has 44 heavy (non-hydrogen) atoms. The molecule has 12 nitrogen and oxygen atoms in total. The van der Waals surface area contributed by atoms with Crippen LogP contribution in [0.5, 0.6) is 0 Å². The Bertz CT molecular complexity index is 1760. The Morgan fingerprint density at radius 1 is 1.11 bits per heavy atom. The Morgan fingerprint density at radius 2 is 1.86 bits per heavy atom. The fourth-order valence-electron chi connectivity index (χ4n) is 5.25. The molecule has 3 N–H and O–H groups in total. The highest BCUT2D eigenvalue weighted by Gasteiger charge is 2.52. The lowest BCUT2D eigenvalue weighted by Gasteiger charge is -2.26. The fourth-order valence-corrected chi connectivity index (χ4v) is 6.52. The zero-order chi connectivity index (χ0) is 31.9. The van der Waals surface area contributed by atoms with Crippen LogP contribution in [0.4, 0.5) is 25.1 Å². The van der Waals surface area contributed by atoms with Crippen molar-refractivity contribution in [2.24, 2.45) is 11.4 Å². The predicted molar refractivity (Wildman–Crippen MR) is 159 cm³/mol. The summed E-state index contributed by atoms with van der Waals surface area (Å²) >= 11 is 0. The van der Waals surface area contributed by atoms with Gasteiger partial charge in [-0.2, -0.15) is 9.46 Å². The zero-order valence-electron chi connectivity index (χ0n) is 24.5. The van der Waals surface area contributed by atoms with Crippen molar-refractivity contribution in [3.05, 3.63) is 54.0 Å². The van der Waals surface area contributed by atoms with Crippen LogP contribution >= 0.6 is 0 Å². The predicted octanol–water partition coefficient (Wildman–Crippen LogP) is 4.45. The second-order valence-electron chi connectivity index (χ2n) is 11.3. The highest BCUT2D eigenvalue weighted by atomic mass is 32.2. The van der Waals surface area contributed by atoms with E-state index < -0.39 is 39.1 Å². The summed E-state index contributed by atoms with van der Waals surface area (Å²) in [6.45, 7) is 2.08. The number of carboxylic acid groups (broad SMARTS) is 1. The van der Waals surface area contributed by atoms with Gasteiger partial charge in [0.25, 0.3) is 11.8 Å². The monoisotopic (exact) mass is 629 g/mol. The SMILES string of the molecule is Cc1c(-c2cnn(C)c2)cnc(N2CCCC(F)(F)CC2)c1C(=O)Nc1cccc(S(C)(=O)=NC(=O)C2(NC(=O)O)CC2)c1. The number of anilines is 2. The maximum absolute atomic E-state index is 14.2. The van der Waals surface area contributed by atoms with E-state index in [-0.39, 0.29) is 60.6 Å². The molecule has 3 heterocycles. The maximum Gasteiger partial charge on any atom is 0.405 e. The summed E-state index contributed by atoms with van der Waals surface area (Å²) in [5.41, 5.74) is 1.05. The van der Waals surface area contributed by atoms with Gasteiger partial charge in [0.15, 0.2) is 0 Å². The van der Waals surface area contributed by atoms with E-state index in [0.717, 1.165) is 5.56 Å². The number of amides is 3. The lowest BCUT2D eigenvalue weighted by atomic mass is 9.99. The molecule has 2 fully saturated rings. The number of rotatable bonds is 7. The summed E-state index contributed by atoms with van der Waals surface area (Å²) in [7, 11) is -1.55. The second kappa shape index (κ2) is 11.6. The van der Waals surface area contributed by atoms with Crippen molar-refractivity contribution in [1.29, 1.82) is 0 Å². The van der Waals surface area contributed by atoms with Gasteiger partial charge in [0.2, 0.25) is 5.92 Å². The topological polar surface area (TPSA) is 159 Å². The number of pyridine rings is 1. The molecule has 2 aromatic heterocycles. The minimum atomic E-state index is -3.31. The van der Waals surface area contributed by atoms with Crippen LogP contribution < -0.4 is 15.5 Å². The third-order valence-electron chi connectivity index (χ3n) is 7.87. The fraction of sp³-hybridized carbons (Fsp3) is 0.414. The van der Waals surface area contributed by atoms with E-state index in [0.29, 0.717) is 17.7 Å². The highest BCUT2D eigenvalue weighted by molar-refractivity contribution is 7.93. The van der Waals surface area contributed by atoms with Gasteiger partial charge in [-0.15, -0.1) is 0 Å². The number of alkyl halides is 2. The summed E-state index contributed by atoms with van der Waals surface area (Å²) < 4.78 is 47.4. The molecule has 3 amide bonds. The van der Waals surface area contributed by atoms with Crippen molar-refractivity contribution < 1.29 is 32.5 Å². The summed E-state index contributed by atoms with van der Waals surface area (Å²) in [5, 5.41) is 18.2. The van der Waals surface area contributed by atoms with Gasteiger partial charge in [-0.25, -0.2) is 22.8 Å². The molecule has 15 heteroatoms. The molecule has 0 spiro atoms. The first-order valence-corrected chi connectivity index (χ1v) is 15.9. The van der Waals surface area contributed by atoms with Gasteiger partial charge < -0.3 is 20.6 Å². The third kappa shape index (κ3) is 6.56. The van der Waals surface area contributed by atoms with E-state index in [9.17, 15) is 27.4 Å². The number of benzene rings is 1. The molecule has 0 bridgehead atoms. The van der Waals surface area contributed by atoms with E-state index >= 15 is 0 Å². The summed E-state index contributed by atoms with van der Waals surface area (Å²) in [6.07, 6.45) is 5.07. The lowest BCUT2D eigenvalue weighted by molar-refractivity contribution is -0.120. The molecule has 2 aliphatic rings. The number of aromatic nitrogens is 3.